The van der Waals surface area contributed by atoms with Gasteiger partial charge in [0.2, 0.25) is 0 Å². The van der Waals surface area contributed by atoms with Gasteiger partial charge >= 0.3 is 0 Å². The number of hydrogen-bond acceptors (Lipinski definition) is 2. The number of halogens is 1. The molecule has 0 amide bonds. The maximum Gasteiger partial charge on any atom is 0.106 e. The summed E-state index contributed by atoms with van der Waals surface area (Å²) in [7, 11) is 1.51. The predicted molar refractivity (Wildman–Crippen MR) is 50.8 cm³/mol. The highest BCUT2D eigenvalue weighted by Crippen LogP contribution is 2.15. The minimum atomic E-state index is 0.745. The number of oxime groups is 1. The molecule has 0 bridgehead atoms. The zero-order valence-corrected chi connectivity index (χ0v) is 7.80. The first-order valence-corrected chi connectivity index (χ1v) is 3.94. The van der Waals surface area contributed by atoms with E-state index in [4.69, 9.17) is 11.6 Å². The zero-order chi connectivity index (χ0) is 8.97. The van der Waals surface area contributed by atoms with Crippen LogP contribution in [-0.4, -0.2) is 13.3 Å². The summed E-state index contributed by atoms with van der Waals surface area (Å²) in [6.45, 7) is 1.96. The van der Waals surface area contributed by atoms with Crippen LogP contribution in [0.25, 0.3) is 0 Å². The van der Waals surface area contributed by atoms with E-state index in [1.54, 1.807) is 6.21 Å². The molecule has 0 aliphatic carbocycles. The van der Waals surface area contributed by atoms with Gasteiger partial charge in [-0.3, -0.25) is 0 Å². The summed E-state index contributed by atoms with van der Waals surface area (Å²) in [5.41, 5.74) is 2.00. The molecule has 64 valence electrons. The molecule has 0 atom stereocenters. The van der Waals surface area contributed by atoms with E-state index in [2.05, 4.69) is 9.99 Å². The molecule has 0 unspecified atom stereocenters. The van der Waals surface area contributed by atoms with Crippen LogP contribution in [0.15, 0.2) is 23.4 Å². The van der Waals surface area contributed by atoms with E-state index in [1.807, 2.05) is 25.1 Å². The highest BCUT2D eigenvalue weighted by atomic mass is 35.5. The van der Waals surface area contributed by atoms with Gasteiger partial charge in [0, 0.05) is 5.02 Å². The molecule has 0 radical (unpaired) electrons. The van der Waals surface area contributed by atoms with E-state index >= 15 is 0 Å². The van der Waals surface area contributed by atoms with Gasteiger partial charge in [-0.1, -0.05) is 28.9 Å². The van der Waals surface area contributed by atoms with Crippen molar-refractivity contribution in [2.45, 2.75) is 6.92 Å². The Morgan fingerprint density at radius 3 is 2.83 bits per heavy atom. The van der Waals surface area contributed by atoms with Gasteiger partial charge in [0.1, 0.15) is 7.11 Å². The molecule has 0 aliphatic heterocycles. The molecular weight excluding hydrogens is 174 g/mol. The first-order chi connectivity index (χ1) is 5.74. The summed E-state index contributed by atoms with van der Waals surface area (Å²) in [6.07, 6.45) is 1.62. The van der Waals surface area contributed by atoms with Crippen molar-refractivity contribution in [1.29, 1.82) is 0 Å². The SMILES string of the molecule is CO/N=C/c1ccc(C)c(Cl)c1. The van der Waals surface area contributed by atoms with Crippen LogP contribution >= 0.6 is 11.6 Å². The Bertz CT molecular complexity index is 297. The van der Waals surface area contributed by atoms with Gasteiger partial charge in [0.05, 0.1) is 6.21 Å². The maximum absolute atomic E-state index is 5.89. The minimum Gasteiger partial charge on any atom is -0.399 e. The lowest BCUT2D eigenvalue weighted by atomic mass is 10.2. The Kier molecular flexibility index (Phi) is 3.11. The van der Waals surface area contributed by atoms with Crippen molar-refractivity contribution in [2.75, 3.05) is 7.11 Å². The Morgan fingerprint density at radius 1 is 1.50 bits per heavy atom. The van der Waals surface area contributed by atoms with Crippen molar-refractivity contribution in [3.05, 3.63) is 34.3 Å². The summed E-state index contributed by atoms with van der Waals surface area (Å²) in [6, 6.07) is 5.72. The molecule has 0 aliphatic rings. The van der Waals surface area contributed by atoms with Gasteiger partial charge in [-0.15, -0.1) is 0 Å². The van der Waals surface area contributed by atoms with Crippen LogP contribution in [0.5, 0.6) is 0 Å². The molecule has 0 saturated carbocycles. The second kappa shape index (κ2) is 4.12. The van der Waals surface area contributed by atoms with Crippen LogP contribution in [0, 0.1) is 6.92 Å². The highest BCUT2D eigenvalue weighted by molar-refractivity contribution is 6.31. The third kappa shape index (κ3) is 2.24. The number of hydrogen-bond donors (Lipinski definition) is 0. The molecule has 0 N–H and O–H groups in total. The van der Waals surface area contributed by atoms with Crippen LogP contribution in [0.3, 0.4) is 0 Å². The fourth-order valence-electron chi connectivity index (χ4n) is 0.803. The van der Waals surface area contributed by atoms with E-state index in [-0.39, 0.29) is 0 Å². The highest BCUT2D eigenvalue weighted by Gasteiger charge is 1.94. The summed E-state index contributed by atoms with van der Waals surface area (Å²) in [5, 5.41) is 4.37. The lowest BCUT2D eigenvalue weighted by molar-refractivity contribution is 0.215. The summed E-state index contributed by atoms with van der Waals surface area (Å²) in [4.78, 5) is 4.54. The molecule has 0 saturated heterocycles. The van der Waals surface area contributed by atoms with Crippen LogP contribution in [0.1, 0.15) is 11.1 Å². The Balaban J connectivity index is 2.89. The maximum atomic E-state index is 5.89. The van der Waals surface area contributed by atoms with Gasteiger partial charge in [0.25, 0.3) is 0 Å². The quantitative estimate of drug-likeness (QED) is 0.510. The molecular formula is C9H10ClNO. The monoisotopic (exact) mass is 183 g/mol. The normalized spacial score (nSPS) is 10.6. The van der Waals surface area contributed by atoms with Crippen molar-refractivity contribution >= 4 is 17.8 Å². The fourth-order valence-corrected chi connectivity index (χ4v) is 0.992. The van der Waals surface area contributed by atoms with Crippen molar-refractivity contribution < 1.29 is 4.84 Å². The summed E-state index contributed by atoms with van der Waals surface area (Å²) < 4.78 is 0. The zero-order valence-electron chi connectivity index (χ0n) is 7.04. The fraction of sp³-hybridized carbons (Fsp3) is 0.222. The van der Waals surface area contributed by atoms with E-state index in [1.165, 1.54) is 7.11 Å². The van der Waals surface area contributed by atoms with Crippen LogP contribution in [0.4, 0.5) is 0 Å². The molecule has 0 fully saturated rings. The molecule has 12 heavy (non-hydrogen) atoms. The number of nitrogens with zero attached hydrogens (tertiary/aromatic N) is 1. The largest absolute Gasteiger partial charge is 0.399 e. The lowest BCUT2D eigenvalue weighted by Crippen LogP contribution is -1.83. The smallest absolute Gasteiger partial charge is 0.106 e. The molecule has 1 aromatic rings. The third-order valence-corrected chi connectivity index (χ3v) is 1.91. The van der Waals surface area contributed by atoms with Crippen LogP contribution in [-0.2, 0) is 4.84 Å². The number of rotatable bonds is 2. The van der Waals surface area contributed by atoms with Crippen LogP contribution < -0.4 is 0 Å². The Hall–Kier alpha value is -1.02. The van der Waals surface area contributed by atoms with Crippen molar-refractivity contribution in [1.82, 2.24) is 0 Å². The van der Waals surface area contributed by atoms with Crippen molar-refractivity contribution in [3.8, 4) is 0 Å². The molecule has 0 heterocycles. The van der Waals surface area contributed by atoms with E-state index < -0.39 is 0 Å². The molecule has 1 aromatic carbocycles. The van der Waals surface area contributed by atoms with Crippen molar-refractivity contribution in [3.63, 3.8) is 0 Å². The van der Waals surface area contributed by atoms with Gasteiger partial charge in [-0.05, 0) is 24.1 Å². The predicted octanol–water partition coefficient (Wildman–Crippen LogP) is 2.63. The number of aryl methyl sites for hydroxylation is 1. The molecule has 3 heteroatoms. The Morgan fingerprint density at radius 2 is 2.25 bits per heavy atom. The van der Waals surface area contributed by atoms with Crippen LogP contribution in [0.2, 0.25) is 5.02 Å². The molecule has 0 aromatic heterocycles. The van der Waals surface area contributed by atoms with Gasteiger partial charge in [0.15, 0.2) is 0 Å². The second-order valence-corrected chi connectivity index (χ2v) is 2.83. The standard InChI is InChI=1S/C9H10ClNO/c1-7-3-4-8(5-9(7)10)6-11-12-2/h3-6H,1-2H3/b11-6+. The Labute approximate surface area is 76.8 Å². The lowest BCUT2D eigenvalue weighted by Gasteiger charge is -1.97. The van der Waals surface area contributed by atoms with E-state index in [0.717, 1.165) is 16.1 Å². The van der Waals surface area contributed by atoms with Gasteiger partial charge < -0.3 is 4.84 Å². The third-order valence-electron chi connectivity index (χ3n) is 1.50. The second-order valence-electron chi connectivity index (χ2n) is 2.43. The average molecular weight is 184 g/mol. The van der Waals surface area contributed by atoms with E-state index in [9.17, 15) is 0 Å². The topological polar surface area (TPSA) is 21.6 Å². The molecule has 0 spiro atoms. The van der Waals surface area contributed by atoms with Gasteiger partial charge in [-0.2, -0.15) is 0 Å². The molecule has 1 rings (SSSR count). The number of benzene rings is 1. The van der Waals surface area contributed by atoms with E-state index in [0.29, 0.717) is 0 Å². The summed E-state index contributed by atoms with van der Waals surface area (Å²) in [5.74, 6) is 0. The minimum absolute atomic E-state index is 0.745. The van der Waals surface area contributed by atoms with Gasteiger partial charge in [-0.25, -0.2) is 0 Å². The average Bonchev–Trinajstić information content (AvgIpc) is 2.07. The summed E-state index contributed by atoms with van der Waals surface area (Å²) >= 11 is 5.89. The molecule has 2 nitrogen and oxygen atoms in total. The van der Waals surface area contributed by atoms with Crippen molar-refractivity contribution in [2.24, 2.45) is 5.16 Å². The first kappa shape index (κ1) is 9.07. The first-order valence-electron chi connectivity index (χ1n) is 3.56.